The largest absolute Gasteiger partial charge is 0.347 e. The van der Waals surface area contributed by atoms with Gasteiger partial charge in [0.05, 0.1) is 9.75 Å². The minimum atomic E-state index is -0.520. The van der Waals surface area contributed by atoms with E-state index in [1.165, 1.54) is 35.6 Å². The van der Waals surface area contributed by atoms with E-state index in [0.717, 1.165) is 44.2 Å². The number of anilines is 1. The lowest BCUT2D eigenvalue weighted by Gasteiger charge is -2.27. The van der Waals surface area contributed by atoms with Crippen LogP contribution >= 0.6 is 11.3 Å². The summed E-state index contributed by atoms with van der Waals surface area (Å²) in [5.41, 5.74) is 8.15. The molecule has 7 nitrogen and oxygen atoms in total. The molecule has 2 aromatic carbocycles. The summed E-state index contributed by atoms with van der Waals surface area (Å²) < 4.78 is 13.2. The highest BCUT2D eigenvalue weighted by molar-refractivity contribution is 7.15. The quantitative estimate of drug-likeness (QED) is 0.226. The molecule has 1 aliphatic heterocycles. The van der Waals surface area contributed by atoms with Gasteiger partial charge in [-0.1, -0.05) is 57.0 Å². The zero-order valence-electron chi connectivity index (χ0n) is 24.4. The minimum Gasteiger partial charge on any atom is -0.347 e. The molecule has 1 saturated heterocycles. The highest BCUT2D eigenvalue weighted by Gasteiger charge is 2.31. The predicted octanol–water partition coefficient (Wildman–Crippen LogP) is 6.02. The molecule has 42 heavy (non-hydrogen) atoms. The number of carbonyl (C=O) groups is 3. The van der Waals surface area contributed by atoms with Crippen molar-refractivity contribution in [3.05, 3.63) is 87.9 Å². The third-order valence-electron chi connectivity index (χ3n) is 7.89. The molecular formula is C33H41FN4O3S. The van der Waals surface area contributed by atoms with E-state index in [-0.39, 0.29) is 29.6 Å². The molecule has 1 fully saturated rings. The molecule has 4 atom stereocenters. The maximum atomic E-state index is 13.4. The van der Waals surface area contributed by atoms with E-state index in [4.69, 9.17) is 5.73 Å². The van der Waals surface area contributed by atoms with Crippen molar-refractivity contribution >= 4 is 34.7 Å². The first-order valence-corrected chi connectivity index (χ1v) is 15.6. The first kappa shape index (κ1) is 31.4. The second kappa shape index (κ2) is 15.1. The Kier molecular flexibility index (Phi) is 11.3. The van der Waals surface area contributed by atoms with Crippen LogP contribution in [0, 0.1) is 11.7 Å². The molecule has 1 aliphatic rings. The first-order chi connectivity index (χ1) is 20.2. The van der Waals surface area contributed by atoms with Crippen LogP contribution in [0.3, 0.4) is 0 Å². The molecular weight excluding hydrogens is 551 g/mol. The maximum absolute atomic E-state index is 13.4. The second-order valence-corrected chi connectivity index (χ2v) is 12.3. The number of amides is 3. The number of halogens is 1. The SMILES string of the molecule is CCCC[C@H]1CCCN1C(=O)c1ccc(C(=O)N[C@@H](Cc2ccccc2)[C@@H](N)C[C@@H](C)C(=O)Nc2ccc(F)cc2)s1. The van der Waals surface area contributed by atoms with Crippen molar-refractivity contribution < 1.29 is 18.8 Å². The Labute approximate surface area is 251 Å². The van der Waals surface area contributed by atoms with Gasteiger partial charge in [0.15, 0.2) is 0 Å². The Balaban J connectivity index is 1.42. The summed E-state index contributed by atoms with van der Waals surface area (Å²) in [4.78, 5) is 42.5. The Hall–Kier alpha value is -3.56. The average Bonchev–Trinajstić information content (AvgIpc) is 3.67. The lowest BCUT2D eigenvalue weighted by molar-refractivity contribution is -0.119. The van der Waals surface area contributed by atoms with Gasteiger partial charge in [-0.15, -0.1) is 11.3 Å². The molecule has 0 unspecified atom stereocenters. The molecule has 9 heteroatoms. The smallest absolute Gasteiger partial charge is 0.264 e. The van der Waals surface area contributed by atoms with Crippen molar-refractivity contribution in [2.75, 3.05) is 11.9 Å². The Bertz CT molecular complexity index is 1330. The average molecular weight is 593 g/mol. The van der Waals surface area contributed by atoms with Crippen LogP contribution in [0.15, 0.2) is 66.7 Å². The van der Waals surface area contributed by atoms with Gasteiger partial charge in [0.25, 0.3) is 11.8 Å². The van der Waals surface area contributed by atoms with Gasteiger partial charge < -0.3 is 21.3 Å². The third kappa shape index (κ3) is 8.49. The van der Waals surface area contributed by atoms with Gasteiger partial charge in [-0.05, 0) is 74.1 Å². The first-order valence-electron chi connectivity index (χ1n) is 14.8. The van der Waals surface area contributed by atoms with E-state index in [0.29, 0.717) is 28.3 Å². The number of nitrogens with one attached hydrogen (secondary N) is 2. The van der Waals surface area contributed by atoms with E-state index in [2.05, 4.69) is 17.6 Å². The van der Waals surface area contributed by atoms with Crippen molar-refractivity contribution in [2.45, 2.75) is 76.9 Å². The zero-order valence-corrected chi connectivity index (χ0v) is 25.2. The van der Waals surface area contributed by atoms with E-state index in [9.17, 15) is 18.8 Å². The van der Waals surface area contributed by atoms with Gasteiger partial charge in [-0.25, -0.2) is 4.39 Å². The number of hydrogen-bond donors (Lipinski definition) is 3. The van der Waals surface area contributed by atoms with Crippen molar-refractivity contribution in [1.82, 2.24) is 10.2 Å². The topological polar surface area (TPSA) is 105 Å². The molecule has 2 heterocycles. The number of hydrogen-bond acceptors (Lipinski definition) is 5. The monoisotopic (exact) mass is 592 g/mol. The molecule has 4 N–H and O–H groups in total. The van der Waals surface area contributed by atoms with Gasteiger partial charge >= 0.3 is 0 Å². The van der Waals surface area contributed by atoms with E-state index < -0.39 is 18.0 Å². The number of rotatable bonds is 13. The van der Waals surface area contributed by atoms with Gasteiger partial charge in [0, 0.05) is 36.3 Å². The summed E-state index contributed by atoms with van der Waals surface area (Å²) in [6, 6.07) is 18.1. The summed E-state index contributed by atoms with van der Waals surface area (Å²) in [5, 5.41) is 5.89. The highest BCUT2D eigenvalue weighted by Crippen LogP contribution is 2.27. The standard InChI is InChI=1S/C33H41FN4O3S/c1-3-4-11-26-12-8-19-38(26)33(41)30-18-17-29(42-30)32(40)37-28(21-23-9-6-5-7-10-23)27(35)20-22(2)31(39)36-25-15-13-24(34)14-16-25/h5-7,9-10,13-18,22,26-28H,3-4,8,11-12,19-21,35H2,1-2H3,(H,36,39)(H,37,40)/t22-,26+,27+,28+/m1/s1. The number of carbonyl (C=O) groups excluding carboxylic acids is 3. The molecule has 3 amide bonds. The van der Waals surface area contributed by atoms with Crippen molar-refractivity contribution in [3.8, 4) is 0 Å². The Morgan fingerprint density at radius 3 is 2.48 bits per heavy atom. The van der Waals surface area contributed by atoms with Crippen LogP contribution in [0.1, 0.15) is 77.3 Å². The van der Waals surface area contributed by atoms with Crippen LogP contribution in [-0.4, -0.2) is 47.3 Å². The predicted molar refractivity (Wildman–Crippen MR) is 166 cm³/mol. The molecule has 4 rings (SSSR count). The number of benzene rings is 2. The van der Waals surface area contributed by atoms with Crippen LogP contribution in [0.4, 0.5) is 10.1 Å². The zero-order chi connectivity index (χ0) is 30.1. The number of unbranched alkanes of at least 4 members (excludes halogenated alkanes) is 1. The van der Waals surface area contributed by atoms with Crippen molar-refractivity contribution in [3.63, 3.8) is 0 Å². The van der Waals surface area contributed by atoms with Crippen LogP contribution < -0.4 is 16.4 Å². The summed E-state index contributed by atoms with van der Waals surface area (Å²) in [5.74, 6) is -1.36. The fourth-order valence-corrected chi connectivity index (χ4v) is 6.32. The molecule has 1 aromatic heterocycles. The summed E-state index contributed by atoms with van der Waals surface area (Å²) in [6.45, 7) is 4.70. The molecule has 0 saturated carbocycles. The van der Waals surface area contributed by atoms with Crippen LogP contribution in [0.5, 0.6) is 0 Å². The fourth-order valence-electron chi connectivity index (χ4n) is 5.45. The molecule has 0 aliphatic carbocycles. The summed E-state index contributed by atoms with van der Waals surface area (Å²) in [6.07, 6.45) is 6.08. The Morgan fingerprint density at radius 1 is 1.05 bits per heavy atom. The van der Waals surface area contributed by atoms with Crippen LogP contribution in [0.2, 0.25) is 0 Å². The van der Waals surface area contributed by atoms with E-state index in [1.54, 1.807) is 19.1 Å². The second-order valence-electron chi connectivity index (χ2n) is 11.2. The number of thiophene rings is 1. The van der Waals surface area contributed by atoms with Gasteiger partial charge in [0.2, 0.25) is 5.91 Å². The number of nitrogens with zero attached hydrogens (tertiary/aromatic N) is 1. The summed E-state index contributed by atoms with van der Waals surface area (Å²) >= 11 is 1.21. The minimum absolute atomic E-state index is 0.00354. The van der Waals surface area contributed by atoms with E-state index in [1.807, 2.05) is 35.2 Å². The molecule has 0 spiro atoms. The maximum Gasteiger partial charge on any atom is 0.264 e. The number of nitrogens with two attached hydrogens (primary N) is 1. The van der Waals surface area contributed by atoms with E-state index >= 15 is 0 Å². The van der Waals surface area contributed by atoms with Crippen molar-refractivity contribution in [2.24, 2.45) is 11.7 Å². The number of likely N-dealkylation sites (tertiary alicyclic amines) is 1. The van der Waals surface area contributed by atoms with Crippen LogP contribution in [0.25, 0.3) is 0 Å². The molecule has 3 aromatic rings. The van der Waals surface area contributed by atoms with Crippen LogP contribution in [-0.2, 0) is 11.2 Å². The Morgan fingerprint density at radius 2 is 1.76 bits per heavy atom. The normalized spacial score (nSPS) is 17.0. The summed E-state index contributed by atoms with van der Waals surface area (Å²) in [7, 11) is 0. The molecule has 0 radical (unpaired) electrons. The van der Waals surface area contributed by atoms with Gasteiger partial charge in [-0.2, -0.15) is 0 Å². The van der Waals surface area contributed by atoms with Gasteiger partial charge in [0.1, 0.15) is 5.82 Å². The molecule has 224 valence electrons. The van der Waals surface area contributed by atoms with Gasteiger partial charge in [-0.3, -0.25) is 14.4 Å². The van der Waals surface area contributed by atoms with Crippen molar-refractivity contribution in [1.29, 1.82) is 0 Å². The lowest BCUT2D eigenvalue weighted by atomic mass is 9.92. The highest BCUT2D eigenvalue weighted by atomic mass is 32.1. The lowest BCUT2D eigenvalue weighted by Crippen LogP contribution is -2.50. The molecule has 0 bridgehead atoms. The fraction of sp³-hybridized carbons (Fsp3) is 0.424. The third-order valence-corrected chi connectivity index (χ3v) is 8.96.